The lowest BCUT2D eigenvalue weighted by Gasteiger charge is -2.29. The largest absolute Gasteiger partial charge is 0.508 e. The predicted octanol–water partition coefficient (Wildman–Crippen LogP) is 2.25. The molecule has 0 radical (unpaired) electrons. The minimum absolute atomic E-state index is 0.0847. The van der Waals surface area contributed by atoms with Crippen LogP contribution >= 0.6 is 0 Å². The minimum Gasteiger partial charge on any atom is -0.508 e. The molecule has 0 saturated heterocycles. The molecule has 2 aliphatic rings. The van der Waals surface area contributed by atoms with E-state index >= 15 is 0 Å². The summed E-state index contributed by atoms with van der Waals surface area (Å²) in [6, 6.07) is 4.53. The van der Waals surface area contributed by atoms with Gasteiger partial charge in [-0.3, -0.25) is 0 Å². The van der Waals surface area contributed by atoms with Crippen molar-refractivity contribution in [3.05, 3.63) is 28.8 Å². The summed E-state index contributed by atoms with van der Waals surface area (Å²) < 4.78 is 0. The summed E-state index contributed by atoms with van der Waals surface area (Å²) in [6.07, 6.45) is 3.53. The molecule has 1 saturated carbocycles. The maximum absolute atomic E-state index is 10.1. The summed E-state index contributed by atoms with van der Waals surface area (Å²) >= 11 is 0. The Morgan fingerprint density at radius 3 is 2.84 bits per heavy atom. The van der Waals surface area contributed by atoms with Crippen LogP contribution in [0.4, 0.5) is 0 Å². The SMILES string of the molecule is C[C@@H]1CC[C@H]2[C@H]1c1cc(O)c(CO)cc1CCN2C. The van der Waals surface area contributed by atoms with Gasteiger partial charge in [-0.25, -0.2) is 0 Å². The third kappa shape index (κ3) is 2.05. The van der Waals surface area contributed by atoms with Gasteiger partial charge >= 0.3 is 0 Å². The van der Waals surface area contributed by atoms with E-state index in [1.54, 1.807) is 0 Å². The Hall–Kier alpha value is -1.06. The molecule has 2 N–H and O–H groups in total. The minimum atomic E-state index is -0.0847. The summed E-state index contributed by atoms with van der Waals surface area (Å²) in [6.45, 7) is 3.31. The Kier molecular flexibility index (Phi) is 3.27. The van der Waals surface area contributed by atoms with E-state index in [1.165, 1.54) is 24.0 Å². The van der Waals surface area contributed by atoms with Crippen LogP contribution in [-0.2, 0) is 13.0 Å². The van der Waals surface area contributed by atoms with Gasteiger partial charge in [0, 0.05) is 24.1 Å². The normalized spacial score (nSPS) is 30.8. The van der Waals surface area contributed by atoms with Crippen LogP contribution in [0, 0.1) is 5.92 Å². The average molecular weight is 261 g/mol. The number of nitrogens with zero attached hydrogens (tertiary/aromatic N) is 1. The van der Waals surface area contributed by atoms with Crippen LogP contribution in [-0.4, -0.2) is 34.7 Å². The van der Waals surface area contributed by atoms with Crippen LogP contribution in [0.1, 0.15) is 42.4 Å². The highest BCUT2D eigenvalue weighted by Gasteiger charge is 2.39. The standard InChI is InChI=1S/C16H23NO2/c1-10-3-4-14-16(10)13-8-15(19)12(9-18)7-11(13)5-6-17(14)2/h7-8,10,14,16,18-19H,3-6,9H2,1-2H3/t10-,14+,16-/m1/s1. The molecule has 1 fully saturated rings. The zero-order valence-electron chi connectivity index (χ0n) is 11.8. The molecule has 1 aliphatic heterocycles. The molecule has 0 spiro atoms. The molecule has 1 aromatic carbocycles. The first-order valence-electron chi connectivity index (χ1n) is 7.27. The zero-order valence-corrected chi connectivity index (χ0v) is 11.8. The van der Waals surface area contributed by atoms with Gasteiger partial charge in [0.1, 0.15) is 5.75 Å². The van der Waals surface area contributed by atoms with Crippen LogP contribution in [0.15, 0.2) is 12.1 Å². The molecule has 0 aromatic heterocycles. The van der Waals surface area contributed by atoms with E-state index < -0.39 is 0 Å². The first-order valence-corrected chi connectivity index (χ1v) is 7.27. The Morgan fingerprint density at radius 2 is 2.11 bits per heavy atom. The molecule has 0 bridgehead atoms. The molecule has 19 heavy (non-hydrogen) atoms. The highest BCUT2D eigenvalue weighted by Crippen LogP contribution is 2.46. The molecule has 3 heteroatoms. The highest BCUT2D eigenvalue weighted by molar-refractivity contribution is 5.45. The van der Waals surface area contributed by atoms with Crippen molar-refractivity contribution in [3.8, 4) is 5.75 Å². The summed E-state index contributed by atoms with van der Waals surface area (Å²) in [5, 5.41) is 19.4. The Labute approximate surface area is 114 Å². The van der Waals surface area contributed by atoms with Gasteiger partial charge in [0.25, 0.3) is 0 Å². The van der Waals surface area contributed by atoms with Crippen molar-refractivity contribution in [1.82, 2.24) is 4.90 Å². The average Bonchev–Trinajstić information content (AvgIpc) is 2.72. The van der Waals surface area contributed by atoms with E-state index in [0.717, 1.165) is 13.0 Å². The van der Waals surface area contributed by atoms with E-state index in [0.29, 0.717) is 23.4 Å². The van der Waals surface area contributed by atoms with Crippen molar-refractivity contribution in [2.45, 2.75) is 44.8 Å². The fourth-order valence-corrected chi connectivity index (χ4v) is 4.00. The maximum atomic E-state index is 10.1. The molecule has 0 unspecified atom stereocenters. The smallest absolute Gasteiger partial charge is 0.121 e. The third-order valence-corrected chi connectivity index (χ3v) is 5.12. The van der Waals surface area contributed by atoms with E-state index in [9.17, 15) is 10.2 Å². The summed E-state index contributed by atoms with van der Waals surface area (Å²) in [4.78, 5) is 2.48. The second-order valence-electron chi connectivity index (χ2n) is 6.22. The second-order valence-corrected chi connectivity index (χ2v) is 6.22. The fraction of sp³-hybridized carbons (Fsp3) is 0.625. The highest BCUT2D eigenvalue weighted by atomic mass is 16.3. The topological polar surface area (TPSA) is 43.7 Å². The molecule has 104 valence electrons. The van der Waals surface area contributed by atoms with Crippen LogP contribution in [0.5, 0.6) is 5.75 Å². The van der Waals surface area contributed by atoms with Gasteiger partial charge in [0.05, 0.1) is 6.61 Å². The quantitative estimate of drug-likeness (QED) is 0.815. The fourth-order valence-electron chi connectivity index (χ4n) is 4.00. The van der Waals surface area contributed by atoms with E-state index in [2.05, 4.69) is 18.9 Å². The number of benzene rings is 1. The predicted molar refractivity (Wildman–Crippen MR) is 75.3 cm³/mol. The van der Waals surface area contributed by atoms with E-state index in [4.69, 9.17) is 0 Å². The summed E-state index contributed by atoms with van der Waals surface area (Å²) in [5.74, 6) is 1.45. The first kappa shape index (κ1) is 12.9. The van der Waals surface area contributed by atoms with Gasteiger partial charge in [0.2, 0.25) is 0 Å². The first-order chi connectivity index (χ1) is 9.11. The maximum Gasteiger partial charge on any atom is 0.121 e. The van der Waals surface area contributed by atoms with Gasteiger partial charge in [-0.2, -0.15) is 0 Å². The van der Waals surface area contributed by atoms with E-state index in [1.807, 2.05) is 12.1 Å². The monoisotopic (exact) mass is 261 g/mol. The zero-order chi connectivity index (χ0) is 13.6. The molecule has 3 atom stereocenters. The lowest BCUT2D eigenvalue weighted by Crippen LogP contribution is -2.33. The number of aliphatic hydroxyl groups is 1. The number of likely N-dealkylation sites (N-methyl/N-ethyl adjacent to an activating group) is 1. The van der Waals surface area contributed by atoms with Crippen molar-refractivity contribution in [2.24, 2.45) is 5.92 Å². The lowest BCUT2D eigenvalue weighted by atomic mass is 9.84. The van der Waals surface area contributed by atoms with Crippen LogP contribution in [0.2, 0.25) is 0 Å². The van der Waals surface area contributed by atoms with Crippen LogP contribution < -0.4 is 0 Å². The number of rotatable bonds is 1. The third-order valence-electron chi connectivity index (χ3n) is 5.12. The van der Waals surface area contributed by atoms with Crippen molar-refractivity contribution < 1.29 is 10.2 Å². The molecular weight excluding hydrogens is 238 g/mol. The second kappa shape index (κ2) is 4.80. The molecule has 3 nitrogen and oxygen atoms in total. The van der Waals surface area contributed by atoms with Crippen molar-refractivity contribution >= 4 is 0 Å². The lowest BCUT2D eigenvalue weighted by molar-refractivity contribution is 0.231. The Morgan fingerprint density at radius 1 is 1.32 bits per heavy atom. The van der Waals surface area contributed by atoms with E-state index in [-0.39, 0.29) is 12.4 Å². The number of hydrogen-bond donors (Lipinski definition) is 2. The van der Waals surface area contributed by atoms with Gasteiger partial charge in [-0.15, -0.1) is 0 Å². The molecule has 1 aromatic rings. The van der Waals surface area contributed by atoms with Gasteiger partial charge in [0.15, 0.2) is 0 Å². The number of aliphatic hydroxyl groups excluding tert-OH is 1. The van der Waals surface area contributed by atoms with Crippen LogP contribution in [0.25, 0.3) is 0 Å². The molecule has 1 heterocycles. The molecular formula is C16H23NO2. The van der Waals surface area contributed by atoms with Gasteiger partial charge in [-0.1, -0.05) is 6.92 Å². The number of phenols is 1. The number of fused-ring (bicyclic) bond motifs is 3. The number of aromatic hydroxyl groups is 1. The Bertz CT molecular complexity index is 486. The van der Waals surface area contributed by atoms with Crippen molar-refractivity contribution in [2.75, 3.05) is 13.6 Å². The molecule has 0 amide bonds. The number of hydrogen-bond acceptors (Lipinski definition) is 3. The molecule has 1 aliphatic carbocycles. The van der Waals surface area contributed by atoms with Crippen LogP contribution in [0.3, 0.4) is 0 Å². The van der Waals surface area contributed by atoms with Gasteiger partial charge < -0.3 is 15.1 Å². The summed E-state index contributed by atoms with van der Waals surface area (Å²) in [5.41, 5.74) is 3.29. The summed E-state index contributed by atoms with van der Waals surface area (Å²) in [7, 11) is 2.22. The Balaban J connectivity index is 2.10. The van der Waals surface area contributed by atoms with Gasteiger partial charge in [-0.05, 0) is 55.5 Å². The molecule has 3 rings (SSSR count). The van der Waals surface area contributed by atoms with Crippen molar-refractivity contribution in [3.63, 3.8) is 0 Å². The van der Waals surface area contributed by atoms with Crippen molar-refractivity contribution in [1.29, 1.82) is 0 Å².